The number of nitro groups is 2. The summed E-state index contributed by atoms with van der Waals surface area (Å²) in [6.45, 7) is 7.03. The number of carbonyl (C=O) groups excluding carboxylic acids is 1. The normalized spacial score (nSPS) is 10.3. The zero-order valence-corrected chi connectivity index (χ0v) is 19.5. The minimum atomic E-state index is -1.63. The number of hydrogen-bond acceptors (Lipinski definition) is 7. The van der Waals surface area contributed by atoms with E-state index in [9.17, 15) is 30.1 Å². The first kappa shape index (κ1) is 29.5. The summed E-state index contributed by atoms with van der Waals surface area (Å²) in [5.41, 5.74) is -2.11. The summed E-state index contributed by atoms with van der Waals surface area (Å²) in [6, 6.07) is 2.22. The van der Waals surface area contributed by atoms with Crippen LogP contribution in [0, 0.1) is 20.2 Å². The molecule has 0 saturated heterocycles. The lowest BCUT2D eigenvalue weighted by Gasteiger charge is -2.04. The van der Waals surface area contributed by atoms with Crippen LogP contribution in [-0.4, -0.2) is 28.9 Å². The molecule has 1 rings (SSSR count). The van der Waals surface area contributed by atoms with Crippen molar-refractivity contribution in [3.8, 4) is 0 Å². The highest BCUT2D eigenvalue weighted by atomic mass is 16.6. The third-order valence-corrected chi connectivity index (χ3v) is 5.02. The molecule has 0 saturated carbocycles. The highest BCUT2D eigenvalue weighted by Crippen LogP contribution is 2.27. The van der Waals surface area contributed by atoms with Crippen LogP contribution in [0.5, 0.6) is 0 Å². The summed E-state index contributed by atoms with van der Waals surface area (Å²) in [7, 11) is 0. The molecule has 0 atom stereocenters. The molecule has 1 aromatic rings. The van der Waals surface area contributed by atoms with Crippen LogP contribution >= 0.6 is 0 Å². The van der Waals surface area contributed by atoms with Crippen molar-refractivity contribution in [3.05, 3.63) is 44.0 Å². The number of rotatable bonds is 17. The van der Waals surface area contributed by atoms with Gasteiger partial charge in [-0.1, -0.05) is 78.1 Å². The van der Waals surface area contributed by atoms with E-state index in [1.165, 1.54) is 90.1 Å². The van der Waals surface area contributed by atoms with Crippen molar-refractivity contribution >= 4 is 17.3 Å². The summed E-state index contributed by atoms with van der Waals surface area (Å²) < 4.78 is 0. The Morgan fingerprint density at radius 1 is 0.750 bits per heavy atom. The number of hydrogen-bond donors (Lipinski definition) is 1. The van der Waals surface area contributed by atoms with Gasteiger partial charge in [-0.2, -0.15) is 0 Å². The van der Waals surface area contributed by atoms with Crippen LogP contribution in [-0.2, 0) is 0 Å². The van der Waals surface area contributed by atoms with E-state index in [-0.39, 0.29) is 0 Å². The lowest BCUT2D eigenvalue weighted by molar-refractivity contribution is -0.422. The van der Waals surface area contributed by atoms with Gasteiger partial charge in [0.1, 0.15) is 0 Å². The standard InChI is InChI=1S/C16H35N.C7H4N2O6/c1-3-5-7-9-11-13-15-17-16-14-12-10-8-6-4-2;10-7(11)4-1-2-5(8(12)13)6(3-4)9(14)15/h17H,3-16H2,1-2H3;1-3H,(H,10,11)/p-1. The van der Waals surface area contributed by atoms with Crippen LogP contribution in [0.25, 0.3) is 0 Å². The van der Waals surface area contributed by atoms with E-state index >= 15 is 0 Å². The van der Waals surface area contributed by atoms with Gasteiger partial charge in [0.05, 0.1) is 15.8 Å². The average Bonchev–Trinajstić information content (AvgIpc) is 2.76. The third-order valence-electron chi connectivity index (χ3n) is 5.02. The maximum absolute atomic E-state index is 10.4. The molecular weight excluding hydrogens is 414 g/mol. The van der Waals surface area contributed by atoms with E-state index in [4.69, 9.17) is 0 Å². The number of aromatic carboxylic acids is 1. The van der Waals surface area contributed by atoms with E-state index in [1.54, 1.807) is 0 Å². The molecule has 0 fully saturated rings. The fourth-order valence-corrected chi connectivity index (χ4v) is 3.14. The molecule has 32 heavy (non-hydrogen) atoms. The Hall–Kier alpha value is -2.55. The van der Waals surface area contributed by atoms with Crippen molar-refractivity contribution in [1.29, 1.82) is 0 Å². The van der Waals surface area contributed by atoms with E-state index in [1.807, 2.05) is 0 Å². The van der Waals surface area contributed by atoms with Crippen LogP contribution in [0.2, 0.25) is 0 Å². The predicted molar refractivity (Wildman–Crippen MR) is 124 cm³/mol. The molecule has 0 aliphatic heterocycles. The van der Waals surface area contributed by atoms with Gasteiger partial charge in [-0.3, -0.25) is 20.2 Å². The Morgan fingerprint density at radius 3 is 1.59 bits per heavy atom. The van der Waals surface area contributed by atoms with E-state index in [2.05, 4.69) is 19.2 Å². The summed E-state index contributed by atoms with van der Waals surface area (Å²) in [4.78, 5) is 29.1. The average molecular weight is 453 g/mol. The molecule has 0 unspecified atom stereocenters. The van der Waals surface area contributed by atoms with Crippen molar-refractivity contribution in [2.75, 3.05) is 13.1 Å². The molecule has 0 bridgehead atoms. The molecule has 9 nitrogen and oxygen atoms in total. The lowest BCUT2D eigenvalue weighted by atomic mass is 10.1. The molecule has 0 aliphatic rings. The number of carbonyl (C=O) groups is 1. The molecule has 9 heteroatoms. The minimum absolute atomic E-state index is 0.479. The Morgan fingerprint density at radius 2 is 1.19 bits per heavy atom. The Labute approximate surface area is 190 Å². The zero-order valence-electron chi connectivity index (χ0n) is 19.5. The molecule has 0 heterocycles. The molecule has 182 valence electrons. The molecule has 0 spiro atoms. The number of unbranched alkanes of at least 4 members (excludes halogenated alkanes) is 10. The Kier molecular flexibility index (Phi) is 17.6. The molecule has 1 N–H and O–H groups in total. The summed E-state index contributed by atoms with van der Waals surface area (Å²) in [6.07, 6.45) is 16.9. The first-order valence-corrected chi connectivity index (χ1v) is 11.7. The lowest BCUT2D eigenvalue weighted by Crippen LogP contribution is -2.22. The maximum atomic E-state index is 10.4. The SMILES string of the molecule is CCCCCCCCNCCCCCCCC.O=C([O-])c1ccc([N+](=O)[O-])c([N+](=O)[O-])c1. The number of carboxylic acid groups (broad SMARTS) is 1. The summed E-state index contributed by atoms with van der Waals surface area (Å²) in [5.74, 6) is -1.63. The van der Waals surface area contributed by atoms with Crippen LogP contribution in [0.4, 0.5) is 11.4 Å². The number of nitro benzene ring substituents is 2. The number of nitrogens with one attached hydrogen (secondary N) is 1. The topological polar surface area (TPSA) is 138 Å². The van der Waals surface area contributed by atoms with Gasteiger partial charge in [0.25, 0.3) is 0 Å². The van der Waals surface area contributed by atoms with Crippen LogP contribution in [0.15, 0.2) is 18.2 Å². The molecule has 0 amide bonds. The van der Waals surface area contributed by atoms with Crippen LogP contribution in [0.1, 0.15) is 101 Å². The smallest absolute Gasteiger partial charge is 0.346 e. The zero-order chi connectivity index (χ0) is 24.2. The third kappa shape index (κ3) is 14.5. The summed E-state index contributed by atoms with van der Waals surface area (Å²) >= 11 is 0. The monoisotopic (exact) mass is 452 g/mol. The van der Waals surface area contributed by atoms with Gasteiger partial charge < -0.3 is 15.2 Å². The van der Waals surface area contributed by atoms with Gasteiger partial charge in [0.15, 0.2) is 0 Å². The largest absolute Gasteiger partial charge is 0.545 e. The van der Waals surface area contributed by atoms with Crippen LogP contribution in [0.3, 0.4) is 0 Å². The van der Waals surface area contributed by atoms with E-state index < -0.39 is 32.8 Å². The van der Waals surface area contributed by atoms with Crippen LogP contribution < -0.4 is 10.4 Å². The van der Waals surface area contributed by atoms with Crippen molar-refractivity contribution in [1.82, 2.24) is 5.32 Å². The fourth-order valence-electron chi connectivity index (χ4n) is 3.14. The second-order valence-electron chi connectivity index (χ2n) is 7.79. The van der Waals surface area contributed by atoms with E-state index in [0.717, 1.165) is 12.1 Å². The summed E-state index contributed by atoms with van der Waals surface area (Å²) in [5, 5.41) is 34.7. The number of benzene rings is 1. The van der Waals surface area contributed by atoms with Gasteiger partial charge in [0.2, 0.25) is 0 Å². The van der Waals surface area contributed by atoms with Crippen molar-refractivity contribution in [3.63, 3.8) is 0 Å². The Bertz CT molecular complexity index is 668. The maximum Gasteiger partial charge on any atom is 0.346 e. The highest BCUT2D eigenvalue weighted by Gasteiger charge is 2.24. The Balaban J connectivity index is 0.000000604. The van der Waals surface area contributed by atoms with Gasteiger partial charge in [0, 0.05) is 17.7 Å². The predicted octanol–water partition coefficient (Wildman–Crippen LogP) is 5.16. The van der Waals surface area contributed by atoms with E-state index in [0.29, 0.717) is 6.07 Å². The minimum Gasteiger partial charge on any atom is -0.545 e. The second-order valence-corrected chi connectivity index (χ2v) is 7.79. The molecule has 0 radical (unpaired) electrons. The van der Waals surface area contributed by atoms with Crippen molar-refractivity contribution in [2.45, 2.75) is 90.9 Å². The number of carboxylic acids is 1. The van der Waals surface area contributed by atoms with Crippen molar-refractivity contribution in [2.24, 2.45) is 0 Å². The van der Waals surface area contributed by atoms with Gasteiger partial charge in [-0.05, 0) is 32.0 Å². The molecular formula is C23H38N3O6-. The fraction of sp³-hybridized carbons (Fsp3) is 0.696. The number of nitrogens with zero attached hydrogens (tertiary/aromatic N) is 2. The second kappa shape index (κ2) is 19.2. The molecule has 0 aliphatic carbocycles. The molecule has 0 aromatic heterocycles. The van der Waals surface area contributed by atoms with Gasteiger partial charge in [-0.15, -0.1) is 0 Å². The van der Waals surface area contributed by atoms with Gasteiger partial charge in [-0.25, -0.2) is 0 Å². The van der Waals surface area contributed by atoms with Gasteiger partial charge >= 0.3 is 11.4 Å². The first-order valence-electron chi connectivity index (χ1n) is 11.7. The van der Waals surface area contributed by atoms with Crippen molar-refractivity contribution < 1.29 is 19.7 Å². The highest BCUT2D eigenvalue weighted by molar-refractivity contribution is 5.87. The molecule has 1 aromatic carbocycles. The first-order chi connectivity index (χ1) is 15.3. The quantitative estimate of drug-likeness (QED) is 0.195.